The van der Waals surface area contributed by atoms with Gasteiger partial charge < -0.3 is 4.98 Å². The minimum atomic E-state index is -0.909. The van der Waals surface area contributed by atoms with Crippen LogP contribution in [-0.2, 0) is 6.54 Å². The Morgan fingerprint density at radius 1 is 1.32 bits per heavy atom. The van der Waals surface area contributed by atoms with Crippen molar-refractivity contribution in [3.63, 3.8) is 0 Å². The lowest BCUT2D eigenvalue weighted by atomic mass is 10.3. The highest BCUT2D eigenvalue weighted by Gasteiger charge is 2.11. The number of benzene rings is 1. The second-order valence-electron chi connectivity index (χ2n) is 4.11. The van der Waals surface area contributed by atoms with Crippen LogP contribution in [0.2, 0.25) is 0 Å². The highest BCUT2D eigenvalue weighted by atomic mass is 19.2. The highest BCUT2D eigenvalue weighted by molar-refractivity contribution is 5.79. The molecule has 0 aliphatic heterocycles. The first kappa shape index (κ1) is 11.6. The Bertz CT molecular complexity index is 718. The van der Waals surface area contributed by atoms with Crippen LogP contribution in [0.15, 0.2) is 37.2 Å². The molecule has 19 heavy (non-hydrogen) atoms. The highest BCUT2D eigenvalue weighted by Crippen LogP contribution is 2.22. The van der Waals surface area contributed by atoms with Crippen LogP contribution in [0.25, 0.3) is 22.4 Å². The van der Waals surface area contributed by atoms with Crippen LogP contribution in [0, 0.1) is 11.6 Å². The van der Waals surface area contributed by atoms with E-state index in [1.165, 1.54) is 0 Å². The fourth-order valence-corrected chi connectivity index (χ4v) is 1.86. The van der Waals surface area contributed by atoms with Gasteiger partial charge in [0.25, 0.3) is 0 Å². The van der Waals surface area contributed by atoms with E-state index < -0.39 is 11.6 Å². The van der Waals surface area contributed by atoms with Crippen molar-refractivity contribution in [3.8, 4) is 11.4 Å². The number of nitrogens with one attached hydrogen (secondary N) is 1. The molecule has 96 valence electrons. The average molecular weight is 260 g/mol. The maximum Gasteiger partial charge on any atom is 0.161 e. The standard InChI is InChI=1S/C13H10F2N4/c1-2-3-19-7-8(6-16-19)13-17-11-4-9(14)10(15)5-12(11)18-13/h2,4-7H,1,3H2,(H,17,18). The quantitative estimate of drug-likeness (QED) is 0.736. The van der Waals surface area contributed by atoms with Crippen LogP contribution >= 0.6 is 0 Å². The Hall–Kier alpha value is -2.50. The molecule has 1 aromatic carbocycles. The second-order valence-corrected chi connectivity index (χ2v) is 4.11. The molecule has 2 aromatic heterocycles. The number of fused-ring (bicyclic) bond motifs is 1. The summed E-state index contributed by atoms with van der Waals surface area (Å²) in [5, 5.41) is 4.12. The molecule has 0 aliphatic rings. The summed E-state index contributed by atoms with van der Waals surface area (Å²) in [4.78, 5) is 7.16. The molecule has 0 radical (unpaired) electrons. The van der Waals surface area contributed by atoms with Gasteiger partial charge in [0.05, 0.1) is 29.3 Å². The number of imidazole rings is 1. The molecule has 1 N–H and O–H groups in total. The van der Waals surface area contributed by atoms with Gasteiger partial charge in [-0.05, 0) is 0 Å². The molecule has 0 bridgehead atoms. The van der Waals surface area contributed by atoms with Crippen molar-refractivity contribution in [1.29, 1.82) is 0 Å². The van der Waals surface area contributed by atoms with Crippen molar-refractivity contribution >= 4 is 11.0 Å². The van der Waals surface area contributed by atoms with E-state index in [0.717, 1.165) is 17.7 Å². The number of H-pyrrole nitrogens is 1. The molecule has 0 spiro atoms. The van der Waals surface area contributed by atoms with E-state index in [-0.39, 0.29) is 0 Å². The van der Waals surface area contributed by atoms with Crippen LogP contribution in [0.1, 0.15) is 0 Å². The van der Waals surface area contributed by atoms with E-state index in [0.29, 0.717) is 23.4 Å². The SMILES string of the molecule is C=CCn1cc(-c2nc3cc(F)c(F)cc3[nH]2)cn1. The molecule has 0 aliphatic carbocycles. The number of nitrogens with zero attached hydrogens (tertiary/aromatic N) is 3. The molecule has 2 heterocycles. The summed E-state index contributed by atoms with van der Waals surface area (Å²) in [6, 6.07) is 2.16. The van der Waals surface area contributed by atoms with Crippen molar-refractivity contribution in [2.45, 2.75) is 6.54 Å². The smallest absolute Gasteiger partial charge is 0.161 e. The fourth-order valence-electron chi connectivity index (χ4n) is 1.86. The van der Waals surface area contributed by atoms with Crippen LogP contribution in [0.5, 0.6) is 0 Å². The Morgan fingerprint density at radius 2 is 2.11 bits per heavy atom. The van der Waals surface area contributed by atoms with E-state index >= 15 is 0 Å². The predicted molar refractivity (Wildman–Crippen MR) is 67.4 cm³/mol. The lowest BCUT2D eigenvalue weighted by molar-refractivity contribution is 0.510. The van der Waals surface area contributed by atoms with Crippen molar-refractivity contribution in [2.24, 2.45) is 0 Å². The molecule has 3 aromatic rings. The zero-order chi connectivity index (χ0) is 13.4. The molecule has 0 saturated heterocycles. The van der Waals surface area contributed by atoms with E-state index in [4.69, 9.17) is 0 Å². The topological polar surface area (TPSA) is 46.5 Å². The molecule has 0 unspecified atom stereocenters. The van der Waals surface area contributed by atoms with Crippen molar-refractivity contribution in [2.75, 3.05) is 0 Å². The lowest BCUT2D eigenvalue weighted by Crippen LogP contribution is -1.93. The van der Waals surface area contributed by atoms with E-state index in [1.807, 2.05) is 0 Å². The van der Waals surface area contributed by atoms with Gasteiger partial charge in [0, 0.05) is 18.3 Å². The summed E-state index contributed by atoms with van der Waals surface area (Å²) in [5.74, 6) is -1.28. The second kappa shape index (κ2) is 4.31. The number of rotatable bonds is 3. The third kappa shape index (κ3) is 2.01. The third-order valence-corrected chi connectivity index (χ3v) is 2.75. The number of hydrogen-bond donors (Lipinski definition) is 1. The van der Waals surface area contributed by atoms with Gasteiger partial charge in [-0.25, -0.2) is 13.8 Å². The van der Waals surface area contributed by atoms with E-state index in [9.17, 15) is 8.78 Å². The molecule has 0 fully saturated rings. The normalized spacial score (nSPS) is 11.1. The van der Waals surface area contributed by atoms with E-state index in [2.05, 4.69) is 21.6 Å². The average Bonchev–Trinajstić information content (AvgIpc) is 2.97. The largest absolute Gasteiger partial charge is 0.338 e. The number of hydrogen-bond acceptors (Lipinski definition) is 2. The van der Waals surface area contributed by atoms with Crippen LogP contribution < -0.4 is 0 Å². The summed E-state index contributed by atoms with van der Waals surface area (Å²) in [6.45, 7) is 4.21. The Morgan fingerprint density at radius 3 is 2.89 bits per heavy atom. The monoisotopic (exact) mass is 260 g/mol. The van der Waals surface area contributed by atoms with Crippen molar-refractivity contribution in [1.82, 2.24) is 19.7 Å². The Kier molecular flexibility index (Phi) is 2.63. The summed E-state index contributed by atoms with van der Waals surface area (Å²) in [7, 11) is 0. The molecule has 0 amide bonds. The van der Waals surface area contributed by atoms with E-state index in [1.54, 1.807) is 23.2 Å². The van der Waals surface area contributed by atoms with Gasteiger partial charge in [-0.3, -0.25) is 4.68 Å². The summed E-state index contributed by atoms with van der Waals surface area (Å²) in [6.07, 6.45) is 5.14. The van der Waals surface area contributed by atoms with Gasteiger partial charge in [0.2, 0.25) is 0 Å². The van der Waals surface area contributed by atoms with Gasteiger partial charge in [-0.1, -0.05) is 6.08 Å². The maximum absolute atomic E-state index is 13.1. The molecule has 3 rings (SSSR count). The predicted octanol–water partition coefficient (Wildman–Crippen LogP) is 2.89. The number of halogens is 2. The molecule has 0 atom stereocenters. The Balaban J connectivity index is 2.06. The maximum atomic E-state index is 13.1. The first-order valence-electron chi connectivity index (χ1n) is 5.66. The molecular formula is C13H10F2N4. The van der Waals surface area contributed by atoms with Crippen molar-refractivity contribution in [3.05, 3.63) is 48.8 Å². The minimum Gasteiger partial charge on any atom is -0.338 e. The van der Waals surface area contributed by atoms with Gasteiger partial charge in [-0.2, -0.15) is 5.10 Å². The third-order valence-electron chi connectivity index (χ3n) is 2.75. The van der Waals surface area contributed by atoms with Crippen molar-refractivity contribution < 1.29 is 8.78 Å². The lowest BCUT2D eigenvalue weighted by Gasteiger charge is -1.91. The number of aromatic nitrogens is 4. The van der Waals surface area contributed by atoms with Crippen LogP contribution in [0.3, 0.4) is 0 Å². The summed E-state index contributed by atoms with van der Waals surface area (Å²) >= 11 is 0. The first-order chi connectivity index (χ1) is 9.17. The molecule has 0 saturated carbocycles. The van der Waals surface area contributed by atoms with Crippen LogP contribution in [-0.4, -0.2) is 19.7 Å². The molecular weight excluding hydrogens is 250 g/mol. The van der Waals surface area contributed by atoms with Gasteiger partial charge >= 0.3 is 0 Å². The van der Waals surface area contributed by atoms with Crippen LogP contribution in [0.4, 0.5) is 8.78 Å². The summed E-state index contributed by atoms with van der Waals surface area (Å²) in [5.41, 5.74) is 1.58. The van der Waals surface area contributed by atoms with Gasteiger partial charge in [0.1, 0.15) is 5.82 Å². The molecule has 4 nitrogen and oxygen atoms in total. The molecule has 6 heteroatoms. The first-order valence-corrected chi connectivity index (χ1v) is 5.66. The van der Waals surface area contributed by atoms with Gasteiger partial charge in [0.15, 0.2) is 11.6 Å². The van der Waals surface area contributed by atoms with Gasteiger partial charge in [-0.15, -0.1) is 6.58 Å². The number of allylic oxidation sites excluding steroid dienone is 1. The Labute approximate surface area is 107 Å². The zero-order valence-electron chi connectivity index (χ0n) is 9.90. The number of aromatic amines is 1. The minimum absolute atomic E-state index is 0.380. The zero-order valence-corrected chi connectivity index (χ0v) is 9.90. The fraction of sp³-hybridized carbons (Fsp3) is 0.0769. The summed E-state index contributed by atoms with van der Waals surface area (Å²) < 4.78 is 27.9.